The average Bonchev–Trinajstić information content (AvgIpc) is 2.12. The number of carbonyl (C=O) groups is 1. The van der Waals surface area contributed by atoms with E-state index in [1.807, 2.05) is 0 Å². The topological polar surface area (TPSA) is 46.2 Å². The molecular formula is C12H17O3. The van der Waals surface area contributed by atoms with Gasteiger partial charge in [-0.15, -0.1) is 0 Å². The number of hydrogen-bond donors (Lipinski definition) is 0. The molecule has 83 valence electrons. The molecule has 0 N–H and O–H groups in total. The lowest BCUT2D eigenvalue weighted by Gasteiger charge is -2.56. The molecule has 1 radical (unpaired) electrons. The smallest absolute Gasteiger partial charge is 0.431 e. The van der Waals surface area contributed by atoms with Crippen molar-refractivity contribution in [2.24, 2.45) is 23.2 Å². The van der Waals surface area contributed by atoms with Crippen LogP contribution in [0, 0.1) is 23.2 Å². The third-order valence-corrected chi connectivity index (χ3v) is 4.66. The third kappa shape index (κ3) is 1.62. The molecule has 4 fully saturated rings. The molecule has 4 saturated carbocycles. The maximum absolute atomic E-state index is 10.4. The predicted octanol–water partition coefficient (Wildman–Crippen LogP) is 2.77. The van der Waals surface area contributed by atoms with Crippen LogP contribution in [-0.2, 0) is 9.84 Å². The second kappa shape index (κ2) is 3.13. The van der Waals surface area contributed by atoms with Crippen molar-refractivity contribution >= 4 is 6.16 Å². The van der Waals surface area contributed by atoms with E-state index in [1.165, 1.54) is 38.5 Å². The molecule has 0 aromatic heterocycles. The zero-order valence-corrected chi connectivity index (χ0v) is 8.91. The molecule has 0 amide bonds. The first-order valence-corrected chi connectivity index (χ1v) is 5.99. The number of rotatable bonds is 2. The lowest BCUT2D eigenvalue weighted by molar-refractivity contribution is -0.0893. The normalized spacial score (nSPS) is 46.8. The maximum atomic E-state index is 10.4. The average molecular weight is 209 g/mol. The first-order chi connectivity index (χ1) is 7.15. The molecule has 4 aliphatic carbocycles. The summed E-state index contributed by atoms with van der Waals surface area (Å²) in [6, 6.07) is 0. The summed E-state index contributed by atoms with van der Waals surface area (Å²) >= 11 is 0. The Kier molecular flexibility index (Phi) is 1.98. The van der Waals surface area contributed by atoms with Gasteiger partial charge in [0.1, 0.15) is 6.61 Å². The van der Waals surface area contributed by atoms with Gasteiger partial charge in [-0.05, 0) is 56.3 Å². The molecule has 0 heterocycles. The zero-order valence-electron chi connectivity index (χ0n) is 8.91. The van der Waals surface area contributed by atoms with E-state index >= 15 is 0 Å². The summed E-state index contributed by atoms with van der Waals surface area (Å²) in [5.41, 5.74) is 0.189. The van der Waals surface area contributed by atoms with Gasteiger partial charge in [-0.2, -0.15) is 9.90 Å². The van der Waals surface area contributed by atoms with Crippen molar-refractivity contribution in [2.45, 2.75) is 38.5 Å². The molecule has 3 nitrogen and oxygen atoms in total. The molecule has 4 bridgehead atoms. The van der Waals surface area contributed by atoms with Gasteiger partial charge in [-0.25, -0.2) is 0 Å². The molecular weight excluding hydrogens is 192 g/mol. The molecule has 4 rings (SSSR count). The fourth-order valence-corrected chi connectivity index (χ4v) is 4.68. The molecule has 0 aromatic carbocycles. The van der Waals surface area contributed by atoms with Crippen LogP contribution in [0.4, 0.5) is 4.79 Å². The summed E-state index contributed by atoms with van der Waals surface area (Å²) in [6.45, 7) is 0.388. The van der Waals surface area contributed by atoms with Crippen LogP contribution in [0.15, 0.2) is 0 Å². The fourth-order valence-electron chi connectivity index (χ4n) is 4.68. The van der Waals surface area contributed by atoms with Gasteiger partial charge in [0.15, 0.2) is 0 Å². The van der Waals surface area contributed by atoms with E-state index < -0.39 is 6.16 Å². The summed E-state index contributed by atoms with van der Waals surface area (Å²) in [4.78, 5) is 10.4. The Morgan fingerprint density at radius 3 is 1.93 bits per heavy atom. The number of ether oxygens (including phenoxy) is 1. The maximum Gasteiger partial charge on any atom is 0.550 e. The quantitative estimate of drug-likeness (QED) is 0.656. The Morgan fingerprint density at radius 1 is 1.07 bits per heavy atom. The summed E-state index contributed by atoms with van der Waals surface area (Å²) in [5, 5.41) is 10.4. The van der Waals surface area contributed by atoms with Crippen molar-refractivity contribution in [3.8, 4) is 0 Å². The van der Waals surface area contributed by atoms with E-state index in [0.29, 0.717) is 6.61 Å². The lowest BCUT2D eigenvalue weighted by atomic mass is 9.50. The van der Waals surface area contributed by atoms with Crippen LogP contribution in [-0.4, -0.2) is 12.8 Å². The largest absolute Gasteiger partial charge is 0.550 e. The van der Waals surface area contributed by atoms with Gasteiger partial charge in [0, 0.05) is 5.41 Å². The van der Waals surface area contributed by atoms with E-state index in [9.17, 15) is 9.90 Å². The van der Waals surface area contributed by atoms with Gasteiger partial charge in [-0.1, -0.05) is 0 Å². The Labute approximate surface area is 89.8 Å². The summed E-state index contributed by atoms with van der Waals surface area (Å²) in [6.07, 6.45) is 6.34. The van der Waals surface area contributed by atoms with E-state index in [1.54, 1.807) is 0 Å². The first-order valence-electron chi connectivity index (χ1n) is 5.99. The molecule has 3 heteroatoms. The lowest BCUT2D eigenvalue weighted by Crippen LogP contribution is -2.48. The fraction of sp³-hybridized carbons (Fsp3) is 0.917. The van der Waals surface area contributed by atoms with Crippen molar-refractivity contribution in [1.82, 2.24) is 0 Å². The first kappa shape index (κ1) is 9.49. The van der Waals surface area contributed by atoms with E-state index in [0.717, 1.165) is 17.8 Å². The van der Waals surface area contributed by atoms with Crippen LogP contribution >= 0.6 is 0 Å². The zero-order chi connectivity index (χ0) is 10.5. The SMILES string of the molecule is [O]C(=O)OCC12CC3CC(CC(C3)C1)C2. The van der Waals surface area contributed by atoms with Crippen LogP contribution in [0.5, 0.6) is 0 Å². The minimum atomic E-state index is -1.36. The minimum Gasteiger partial charge on any atom is -0.431 e. The molecule has 4 aliphatic rings. The Morgan fingerprint density at radius 2 is 1.53 bits per heavy atom. The van der Waals surface area contributed by atoms with Crippen molar-refractivity contribution in [1.29, 1.82) is 0 Å². The Bertz CT molecular complexity index is 249. The van der Waals surface area contributed by atoms with Gasteiger partial charge in [-0.3, -0.25) is 0 Å². The van der Waals surface area contributed by atoms with Gasteiger partial charge in [0.25, 0.3) is 0 Å². The second-order valence-corrected chi connectivity index (χ2v) is 5.96. The molecule has 0 aromatic rings. The molecule has 0 atom stereocenters. The summed E-state index contributed by atoms with van der Waals surface area (Å²) in [7, 11) is 0. The van der Waals surface area contributed by atoms with Gasteiger partial charge < -0.3 is 4.74 Å². The van der Waals surface area contributed by atoms with Gasteiger partial charge in [0.05, 0.1) is 0 Å². The van der Waals surface area contributed by atoms with Crippen LogP contribution < -0.4 is 0 Å². The Hall–Kier alpha value is -0.730. The van der Waals surface area contributed by atoms with Crippen molar-refractivity contribution in [3.63, 3.8) is 0 Å². The molecule has 0 saturated heterocycles. The van der Waals surface area contributed by atoms with Crippen LogP contribution in [0.1, 0.15) is 38.5 Å². The molecule has 0 aliphatic heterocycles. The molecule has 0 unspecified atom stereocenters. The third-order valence-electron chi connectivity index (χ3n) is 4.66. The minimum absolute atomic E-state index is 0.189. The van der Waals surface area contributed by atoms with Crippen LogP contribution in [0.3, 0.4) is 0 Å². The second-order valence-electron chi connectivity index (χ2n) is 5.96. The van der Waals surface area contributed by atoms with E-state index in [4.69, 9.17) is 4.74 Å². The molecule has 15 heavy (non-hydrogen) atoms. The summed E-state index contributed by atoms with van der Waals surface area (Å²) in [5.74, 6) is 2.55. The van der Waals surface area contributed by atoms with Crippen molar-refractivity contribution in [2.75, 3.05) is 6.61 Å². The highest BCUT2D eigenvalue weighted by Crippen LogP contribution is 2.59. The van der Waals surface area contributed by atoms with Gasteiger partial charge in [0.2, 0.25) is 0 Å². The van der Waals surface area contributed by atoms with Gasteiger partial charge >= 0.3 is 6.16 Å². The van der Waals surface area contributed by atoms with Crippen LogP contribution in [0.2, 0.25) is 0 Å². The Balaban J connectivity index is 1.72. The number of hydrogen-bond acceptors (Lipinski definition) is 2. The van der Waals surface area contributed by atoms with E-state index in [2.05, 4.69) is 0 Å². The predicted molar refractivity (Wildman–Crippen MR) is 52.6 cm³/mol. The van der Waals surface area contributed by atoms with Crippen molar-refractivity contribution in [3.05, 3.63) is 0 Å². The van der Waals surface area contributed by atoms with Crippen molar-refractivity contribution < 1.29 is 14.6 Å². The number of carbonyl (C=O) groups excluding carboxylic acids is 1. The summed E-state index contributed by atoms with van der Waals surface area (Å²) < 4.78 is 4.73. The highest BCUT2D eigenvalue weighted by molar-refractivity contribution is 5.56. The highest BCUT2D eigenvalue weighted by atomic mass is 16.7. The van der Waals surface area contributed by atoms with E-state index in [-0.39, 0.29) is 5.41 Å². The standard InChI is InChI=1S/C12H17O3/c13-11(14)15-7-12-4-8-1-9(5-12)3-10(2-8)6-12/h8-10H,1-7H2. The highest BCUT2D eigenvalue weighted by Gasteiger charge is 2.51. The van der Waals surface area contributed by atoms with Crippen LogP contribution in [0.25, 0.3) is 0 Å². The molecule has 0 spiro atoms. The monoisotopic (exact) mass is 209 g/mol.